The molecule has 0 spiro atoms. The Bertz CT molecular complexity index is 466. The van der Waals surface area contributed by atoms with Crippen LogP contribution in [-0.4, -0.2) is 4.98 Å². The maximum atomic E-state index is 4.27. The van der Waals surface area contributed by atoms with Crippen molar-refractivity contribution in [1.29, 1.82) is 0 Å². The molecular formula is C14H16N2. The Hall–Kier alpha value is -1.83. The molecule has 1 aromatic heterocycles. The number of benzene rings is 1. The molecular weight excluding hydrogens is 196 g/mol. The molecule has 0 bridgehead atoms. The first-order chi connectivity index (χ1) is 7.66. The number of nitrogens with zero attached hydrogens (tertiary/aromatic N) is 1. The first-order valence-corrected chi connectivity index (χ1v) is 5.43. The van der Waals surface area contributed by atoms with Crippen molar-refractivity contribution in [3.8, 4) is 0 Å². The Morgan fingerprint density at radius 1 is 1.00 bits per heavy atom. The summed E-state index contributed by atoms with van der Waals surface area (Å²) in [4.78, 5) is 4.27. The second kappa shape index (κ2) is 4.35. The van der Waals surface area contributed by atoms with E-state index >= 15 is 0 Å². The van der Waals surface area contributed by atoms with Crippen LogP contribution in [0.4, 0.5) is 11.5 Å². The molecule has 1 heterocycles. The van der Waals surface area contributed by atoms with Crippen LogP contribution in [-0.2, 0) is 0 Å². The largest absolute Gasteiger partial charge is 0.340 e. The Labute approximate surface area is 96.4 Å². The standard InChI is InChI=1S/C14H16N2/c1-10-8-11(2)14(12(3)9-10)16-13-6-4-5-7-15-13/h4-9H,1-3H3,(H,15,16). The number of aryl methyl sites for hydroxylation is 3. The van der Waals surface area contributed by atoms with Gasteiger partial charge in [-0.3, -0.25) is 0 Å². The summed E-state index contributed by atoms with van der Waals surface area (Å²) in [6.07, 6.45) is 1.79. The summed E-state index contributed by atoms with van der Waals surface area (Å²) in [5.41, 5.74) is 4.96. The predicted octanol–water partition coefficient (Wildman–Crippen LogP) is 3.75. The van der Waals surface area contributed by atoms with E-state index in [1.807, 2.05) is 18.2 Å². The van der Waals surface area contributed by atoms with E-state index in [-0.39, 0.29) is 0 Å². The zero-order valence-electron chi connectivity index (χ0n) is 9.91. The van der Waals surface area contributed by atoms with Gasteiger partial charge in [-0.25, -0.2) is 4.98 Å². The minimum Gasteiger partial charge on any atom is -0.340 e. The number of anilines is 2. The first kappa shape index (κ1) is 10.7. The topological polar surface area (TPSA) is 24.9 Å². The third-order valence-corrected chi connectivity index (χ3v) is 2.59. The van der Waals surface area contributed by atoms with Gasteiger partial charge in [0.2, 0.25) is 0 Å². The van der Waals surface area contributed by atoms with Crippen LogP contribution in [0.3, 0.4) is 0 Å². The Kier molecular flexibility index (Phi) is 2.91. The van der Waals surface area contributed by atoms with Crippen LogP contribution >= 0.6 is 0 Å². The maximum Gasteiger partial charge on any atom is 0.130 e. The summed E-state index contributed by atoms with van der Waals surface area (Å²) in [5.74, 6) is 0.887. The molecule has 2 aromatic rings. The van der Waals surface area contributed by atoms with E-state index in [0.717, 1.165) is 11.5 Å². The summed E-state index contributed by atoms with van der Waals surface area (Å²) >= 11 is 0. The molecule has 0 fully saturated rings. The summed E-state index contributed by atoms with van der Waals surface area (Å²) in [6, 6.07) is 10.2. The molecule has 0 radical (unpaired) electrons. The maximum absolute atomic E-state index is 4.27. The zero-order valence-corrected chi connectivity index (χ0v) is 9.91. The quantitative estimate of drug-likeness (QED) is 0.820. The van der Waals surface area contributed by atoms with Crippen LogP contribution < -0.4 is 5.32 Å². The van der Waals surface area contributed by atoms with Crippen molar-refractivity contribution in [1.82, 2.24) is 4.98 Å². The number of hydrogen-bond acceptors (Lipinski definition) is 2. The molecule has 0 atom stereocenters. The SMILES string of the molecule is Cc1cc(C)c(Nc2ccccn2)c(C)c1. The van der Waals surface area contributed by atoms with Crippen molar-refractivity contribution >= 4 is 11.5 Å². The normalized spacial score (nSPS) is 10.2. The van der Waals surface area contributed by atoms with Crippen LogP contribution in [0.25, 0.3) is 0 Å². The van der Waals surface area contributed by atoms with E-state index in [1.54, 1.807) is 6.20 Å². The van der Waals surface area contributed by atoms with Gasteiger partial charge in [0, 0.05) is 11.9 Å². The fraction of sp³-hybridized carbons (Fsp3) is 0.214. The lowest BCUT2D eigenvalue weighted by Crippen LogP contribution is -1.98. The smallest absolute Gasteiger partial charge is 0.130 e. The van der Waals surface area contributed by atoms with E-state index in [0.29, 0.717) is 0 Å². The average Bonchev–Trinajstić information content (AvgIpc) is 2.25. The second-order valence-electron chi connectivity index (χ2n) is 4.11. The van der Waals surface area contributed by atoms with Crippen LogP contribution in [0.5, 0.6) is 0 Å². The van der Waals surface area contributed by atoms with E-state index in [1.165, 1.54) is 16.7 Å². The molecule has 0 aliphatic carbocycles. The van der Waals surface area contributed by atoms with Gasteiger partial charge in [-0.15, -0.1) is 0 Å². The van der Waals surface area contributed by atoms with Gasteiger partial charge in [0.15, 0.2) is 0 Å². The van der Waals surface area contributed by atoms with Crippen LogP contribution in [0.15, 0.2) is 36.5 Å². The molecule has 0 amide bonds. The van der Waals surface area contributed by atoms with Crippen molar-refractivity contribution in [3.63, 3.8) is 0 Å². The molecule has 1 N–H and O–H groups in total. The zero-order chi connectivity index (χ0) is 11.5. The van der Waals surface area contributed by atoms with Crippen molar-refractivity contribution in [2.24, 2.45) is 0 Å². The Morgan fingerprint density at radius 3 is 2.25 bits per heavy atom. The highest BCUT2D eigenvalue weighted by Crippen LogP contribution is 2.24. The van der Waals surface area contributed by atoms with E-state index in [9.17, 15) is 0 Å². The van der Waals surface area contributed by atoms with Crippen LogP contribution in [0, 0.1) is 20.8 Å². The lowest BCUT2D eigenvalue weighted by molar-refractivity contribution is 1.26. The summed E-state index contributed by atoms with van der Waals surface area (Å²) in [7, 11) is 0. The highest BCUT2D eigenvalue weighted by molar-refractivity contribution is 5.65. The fourth-order valence-electron chi connectivity index (χ4n) is 1.94. The molecule has 0 aliphatic heterocycles. The fourth-order valence-corrected chi connectivity index (χ4v) is 1.94. The minimum absolute atomic E-state index is 0.887. The number of pyridine rings is 1. The molecule has 2 nitrogen and oxygen atoms in total. The highest BCUT2D eigenvalue weighted by Gasteiger charge is 2.04. The molecule has 82 valence electrons. The molecule has 1 aromatic carbocycles. The molecule has 2 rings (SSSR count). The number of hydrogen-bond donors (Lipinski definition) is 1. The van der Waals surface area contributed by atoms with Gasteiger partial charge >= 0.3 is 0 Å². The van der Waals surface area contributed by atoms with Gasteiger partial charge in [0.1, 0.15) is 5.82 Å². The van der Waals surface area contributed by atoms with E-state index < -0.39 is 0 Å². The summed E-state index contributed by atoms with van der Waals surface area (Å²) in [5, 5.41) is 3.36. The highest BCUT2D eigenvalue weighted by atomic mass is 15.0. The number of rotatable bonds is 2. The number of aromatic nitrogens is 1. The minimum atomic E-state index is 0.887. The van der Waals surface area contributed by atoms with Gasteiger partial charge in [0.05, 0.1) is 0 Å². The average molecular weight is 212 g/mol. The molecule has 0 saturated heterocycles. The molecule has 16 heavy (non-hydrogen) atoms. The van der Waals surface area contributed by atoms with Crippen molar-refractivity contribution in [3.05, 3.63) is 53.2 Å². The van der Waals surface area contributed by atoms with E-state index in [2.05, 4.69) is 43.2 Å². The molecule has 0 unspecified atom stereocenters. The molecule has 0 aliphatic rings. The lowest BCUT2D eigenvalue weighted by Gasteiger charge is -2.12. The molecule has 2 heteroatoms. The van der Waals surface area contributed by atoms with Gasteiger partial charge in [-0.05, 0) is 44.0 Å². The lowest BCUT2D eigenvalue weighted by atomic mass is 10.1. The second-order valence-corrected chi connectivity index (χ2v) is 4.11. The van der Waals surface area contributed by atoms with Crippen LogP contribution in [0.2, 0.25) is 0 Å². The monoisotopic (exact) mass is 212 g/mol. The van der Waals surface area contributed by atoms with Gasteiger partial charge in [0.25, 0.3) is 0 Å². The van der Waals surface area contributed by atoms with E-state index in [4.69, 9.17) is 0 Å². The summed E-state index contributed by atoms with van der Waals surface area (Å²) in [6.45, 7) is 6.35. The third kappa shape index (κ3) is 2.22. The number of nitrogens with one attached hydrogen (secondary N) is 1. The van der Waals surface area contributed by atoms with Gasteiger partial charge in [-0.2, -0.15) is 0 Å². The molecule has 0 saturated carbocycles. The van der Waals surface area contributed by atoms with Gasteiger partial charge in [-0.1, -0.05) is 23.8 Å². The Morgan fingerprint density at radius 2 is 1.69 bits per heavy atom. The summed E-state index contributed by atoms with van der Waals surface area (Å²) < 4.78 is 0. The van der Waals surface area contributed by atoms with Crippen molar-refractivity contribution < 1.29 is 0 Å². The van der Waals surface area contributed by atoms with Crippen molar-refractivity contribution in [2.45, 2.75) is 20.8 Å². The first-order valence-electron chi connectivity index (χ1n) is 5.43. The third-order valence-electron chi connectivity index (χ3n) is 2.59. The van der Waals surface area contributed by atoms with Crippen molar-refractivity contribution in [2.75, 3.05) is 5.32 Å². The Balaban J connectivity index is 2.35. The van der Waals surface area contributed by atoms with Crippen LogP contribution in [0.1, 0.15) is 16.7 Å². The predicted molar refractivity (Wildman–Crippen MR) is 68.2 cm³/mol. The van der Waals surface area contributed by atoms with Gasteiger partial charge < -0.3 is 5.32 Å².